The van der Waals surface area contributed by atoms with Gasteiger partial charge in [0.05, 0.1) is 7.11 Å². The van der Waals surface area contributed by atoms with Crippen LogP contribution in [0, 0.1) is 5.82 Å². The summed E-state index contributed by atoms with van der Waals surface area (Å²) in [5.41, 5.74) is -0.546. The number of rotatable bonds is 4. The normalized spacial score (nSPS) is 18.5. The van der Waals surface area contributed by atoms with E-state index < -0.39 is 54.4 Å². The zero-order valence-electron chi connectivity index (χ0n) is 12.4. The summed E-state index contributed by atoms with van der Waals surface area (Å²) in [5, 5.41) is 3.67. The van der Waals surface area contributed by atoms with Gasteiger partial charge in [0.1, 0.15) is 0 Å². The highest BCUT2D eigenvalue weighted by atomic mass is 19.4. The van der Waals surface area contributed by atoms with Gasteiger partial charge in [0.2, 0.25) is 0 Å². The fourth-order valence-corrected chi connectivity index (χ4v) is 2.34. The number of hydrogen-bond donors (Lipinski definition) is 2. The number of alkyl halides is 5. The van der Waals surface area contributed by atoms with Crippen molar-refractivity contribution >= 4 is 6.03 Å². The first kappa shape index (κ1) is 18.2. The first-order valence-electron chi connectivity index (χ1n) is 6.87. The Morgan fingerprint density at radius 2 is 1.96 bits per heavy atom. The summed E-state index contributed by atoms with van der Waals surface area (Å²) in [7, 11) is 1.15. The standard InChI is InChI=1S/C14H14F6N2O2/c1-24-10-3-2-7(4-9(10)15)11(14(18,19)20)22-12(23)21-8-5-13(16,17)6-8/h2-4,8,11H,5-6H2,1H3,(H2,21,22,23)/t11-/m1/s1. The van der Waals surface area contributed by atoms with Crippen LogP contribution in [0.25, 0.3) is 0 Å². The van der Waals surface area contributed by atoms with Gasteiger partial charge in [-0.25, -0.2) is 18.0 Å². The first-order chi connectivity index (χ1) is 11.0. The zero-order chi connectivity index (χ0) is 18.1. The highest BCUT2D eigenvalue weighted by Crippen LogP contribution is 2.38. The highest BCUT2D eigenvalue weighted by Gasteiger charge is 2.47. The Hall–Kier alpha value is -2.13. The van der Waals surface area contributed by atoms with Gasteiger partial charge in [0, 0.05) is 18.9 Å². The van der Waals surface area contributed by atoms with Crippen LogP contribution >= 0.6 is 0 Å². The summed E-state index contributed by atoms with van der Waals surface area (Å²) < 4.78 is 82.9. The van der Waals surface area contributed by atoms with Crippen LogP contribution in [0.2, 0.25) is 0 Å². The van der Waals surface area contributed by atoms with Gasteiger partial charge in [0.15, 0.2) is 17.6 Å². The van der Waals surface area contributed by atoms with E-state index >= 15 is 0 Å². The van der Waals surface area contributed by atoms with Crippen molar-refractivity contribution in [1.82, 2.24) is 10.6 Å². The summed E-state index contributed by atoms with van der Waals surface area (Å²) in [6.07, 6.45) is -6.16. The molecule has 0 spiro atoms. The molecule has 1 atom stereocenters. The largest absolute Gasteiger partial charge is 0.494 e. The molecule has 24 heavy (non-hydrogen) atoms. The van der Waals surface area contributed by atoms with Crippen LogP contribution in [0.4, 0.5) is 31.1 Å². The monoisotopic (exact) mass is 356 g/mol. The molecule has 4 nitrogen and oxygen atoms in total. The van der Waals surface area contributed by atoms with Crippen molar-refractivity contribution in [1.29, 1.82) is 0 Å². The lowest BCUT2D eigenvalue weighted by molar-refractivity contribution is -0.155. The Kier molecular flexibility index (Phi) is 4.86. The number of halogens is 6. The predicted octanol–water partition coefficient (Wildman–Crippen LogP) is 3.53. The number of nitrogens with one attached hydrogen (secondary N) is 2. The smallest absolute Gasteiger partial charge is 0.412 e. The number of amides is 2. The molecule has 134 valence electrons. The van der Waals surface area contributed by atoms with E-state index in [1.807, 2.05) is 5.32 Å². The molecule has 1 aromatic carbocycles. The molecule has 0 radical (unpaired) electrons. The van der Waals surface area contributed by atoms with Crippen molar-refractivity contribution in [2.24, 2.45) is 0 Å². The van der Waals surface area contributed by atoms with Crippen LogP contribution < -0.4 is 15.4 Å². The number of ether oxygens (including phenoxy) is 1. The van der Waals surface area contributed by atoms with Gasteiger partial charge < -0.3 is 15.4 Å². The Balaban J connectivity index is 2.09. The summed E-state index contributed by atoms with van der Waals surface area (Å²) in [6.45, 7) is 0. The van der Waals surface area contributed by atoms with Gasteiger partial charge in [0.25, 0.3) is 5.92 Å². The molecule has 0 unspecified atom stereocenters. The molecule has 0 aliphatic heterocycles. The molecule has 2 amide bonds. The van der Waals surface area contributed by atoms with E-state index in [0.29, 0.717) is 6.07 Å². The number of benzene rings is 1. The minimum absolute atomic E-state index is 0.249. The number of hydrogen-bond acceptors (Lipinski definition) is 2. The fourth-order valence-electron chi connectivity index (χ4n) is 2.34. The Morgan fingerprint density at radius 1 is 1.33 bits per heavy atom. The molecule has 1 aliphatic rings. The van der Waals surface area contributed by atoms with E-state index in [1.165, 1.54) is 0 Å². The third kappa shape index (κ3) is 4.24. The molecule has 2 N–H and O–H groups in total. The van der Waals surface area contributed by atoms with Crippen molar-refractivity contribution in [2.45, 2.75) is 37.0 Å². The van der Waals surface area contributed by atoms with E-state index in [1.54, 1.807) is 5.32 Å². The Bertz CT molecular complexity index is 612. The topological polar surface area (TPSA) is 50.4 Å². The van der Waals surface area contributed by atoms with Crippen molar-refractivity contribution in [2.75, 3.05) is 7.11 Å². The zero-order valence-corrected chi connectivity index (χ0v) is 12.4. The number of carbonyl (C=O) groups is 1. The van der Waals surface area contributed by atoms with Crippen LogP contribution in [0.15, 0.2) is 18.2 Å². The Morgan fingerprint density at radius 3 is 2.42 bits per heavy atom. The highest BCUT2D eigenvalue weighted by molar-refractivity contribution is 5.75. The summed E-state index contributed by atoms with van der Waals surface area (Å²) in [4.78, 5) is 11.6. The van der Waals surface area contributed by atoms with E-state index in [9.17, 15) is 31.1 Å². The van der Waals surface area contributed by atoms with Crippen LogP contribution in [0.5, 0.6) is 5.75 Å². The van der Waals surface area contributed by atoms with Crippen molar-refractivity contribution < 1.29 is 35.9 Å². The molecule has 0 bridgehead atoms. The van der Waals surface area contributed by atoms with E-state index in [2.05, 4.69) is 4.74 Å². The second kappa shape index (κ2) is 6.40. The second-order valence-corrected chi connectivity index (χ2v) is 5.45. The molecule has 2 rings (SSSR count). The van der Waals surface area contributed by atoms with Crippen LogP contribution in [-0.2, 0) is 0 Å². The van der Waals surface area contributed by atoms with E-state index in [4.69, 9.17) is 0 Å². The maximum atomic E-state index is 13.6. The predicted molar refractivity (Wildman–Crippen MR) is 71.4 cm³/mol. The SMILES string of the molecule is COc1ccc([C@@H](NC(=O)NC2CC(F)(F)C2)C(F)(F)F)cc1F. The second-order valence-electron chi connectivity index (χ2n) is 5.45. The molecule has 1 aromatic rings. The third-order valence-corrected chi connectivity index (χ3v) is 3.54. The van der Waals surface area contributed by atoms with Crippen molar-refractivity contribution in [3.63, 3.8) is 0 Å². The quantitative estimate of drug-likeness (QED) is 0.811. The van der Waals surface area contributed by atoms with Crippen molar-refractivity contribution in [3.05, 3.63) is 29.6 Å². The van der Waals surface area contributed by atoms with Gasteiger partial charge in [-0.15, -0.1) is 0 Å². The fraction of sp³-hybridized carbons (Fsp3) is 0.500. The van der Waals surface area contributed by atoms with Crippen LogP contribution in [0.1, 0.15) is 24.4 Å². The van der Waals surface area contributed by atoms with Crippen LogP contribution in [0.3, 0.4) is 0 Å². The molecule has 0 saturated heterocycles. The maximum Gasteiger partial charge on any atom is 0.412 e. The lowest BCUT2D eigenvalue weighted by atomic mass is 9.88. The maximum absolute atomic E-state index is 13.6. The number of carbonyl (C=O) groups excluding carboxylic acids is 1. The van der Waals surface area contributed by atoms with Gasteiger partial charge in [-0.05, 0) is 17.7 Å². The molecular formula is C14H14F6N2O2. The van der Waals surface area contributed by atoms with E-state index in [0.717, 1.165) is 19.2 Å². The molecule has 0 aromatic heterocycles. The average Bonchev–Trinajstić information content (AvgIpc) is 2.41. The molecule has 0 heterocycles. The lowest BCUT2D eigenvalue weighted by Gasteiger charge is -2.35. The third-order valence-electron chi connectivity index (χ3n) is 3.54. The molecule has 1 saturated carbocycles. The molecular weight excluding hydrogens is 342 g/mol. The molecule has 1 aliphatic carbocycles. The minimum Gasteiger partial charge on any atom is -0.494 e. The van der Waals surface area contributed by atoms with E-state index in [-0.39, 0.29) is 5.75 Å². The van der Waals surface area contributed by atoms with Gasteiger partial charge in [-0.2, -0.15) is 13.2 Å². The van der Waals surface area contributed by atoms with Crippen LogP contribution in [-0.4, -0.2) is 31.3 Å². The first-order valence-corrected chi connectivity index (χ1v) is 6.87. The summed E-state index contributed by atoms with van der Waals surface area (Å²) in [5.74, 6) is -4.19. The minimum atomic E-state index is -4.90. The van der Waals surface area contributed by atoms with Gasteiger partial charge in [-0.1, -0.05) is 6.07 Å². The lowest BCUT2D eigenvalue weighted by Crippen LogP contribution is -2.54. The molecule has 1 fully saturated rings. The average molecular weight is 356 g/mol. The summed E-state index contributed by atoms with van der Waals surface area (Å²) >= 11 is 0. The number of methoxy groups -OCH3 is 1. The van der Waals surface area contributed by atoms with Gasteiger partial charge in [-0.3, -0.25) is 0 Å². The van der Waals surface area contributed by atoms with Gasteiger partial charge >= 0.3 is 12.2 Å². The molecule has 10 heteroatoms. The summed E-state index contributed by atoms with van der Waals surface area (Å²) in [6, 6.07) is -2.10. The Labute approximate surface area is 133 Å². The van der Waals surface area contributed by atoms with Crippen molar-refractivity contribution in [3.8, 4) is 5.75 Å². The number of urea groups is 1.